The Balaban J connectivity index is 2.06. The van der Waals surface area contributed by atoms with E-state index in [1.807, 2.05) is 18.4 Å². The third-order valence-corrected chi connectivity index (χ3v) is 4.90. The molecule has 0 aliphatic rings. The van der Waals surface area contributed by atoms with Crippen LogP contribution in [0.3, 0.4) is 0 Å². The van der Waals surface area contributed by atoms with Crippen LogP contribution >= 0.6 is 11.8 Å². The summed E-state index contributed by atoms with van der Waals surface area (Å²) in [6.45, 7) is 7.25. The first-order chi connectivity index (χ1) is 12.1. The molecule has 1 heterocycles. The van der Waals surface area contributed by atoms with Crippen LogP contribution in [0.5, 0.6) is 0 Å². The Hall–Kier alpha value is -2.09. The average molecular weight is 366 g/mol. The van der Waals surface area contributed by atoms with Gasteiger partial charge in [0.2, 0.25) is 0 Å². The molecule has 1 aromatic heterocycles. The quantitative estimate of drug-likeness (QED) is 0.541. The summed E-state index contributed by atoms with van der Waals surface area (Å²) in [6.07, 6.45) is 0.656. The number of ether oxygens (including phenoxy) is 1. The van der Waals surface area contributed by atoms with Gasteiger partial charge < -0.3 is 14.6 Å². The zero-order valence-corrected chi connectivity index (χ0v) is 15.5. The number of hydrogen-bond donors (Lipinski definition) is 1. The molecule has 2 rings (SSSR count). The van der Waals surface area contributed by atoms with Crippen LogP contribution in [-0.4, -0.2) is 32.6 Å². The van der Waals surface area contributed by atoms with E-state index >= 15 is 0 Å². The molecule has 0 aliphatic carbocycles. The molecule has 136 valence electrons. The van der Waals surface area contributed by atoms with Gasteiger partial charge in [0.15, 0.2) is 11.0 Å². The number of rotatable bonds is 9. The lowest BCUT2D eigenvalue weighted by Gasteiger charge is -2.14. The Morgan fingerprint density at radius 3 is 2.60 bits per heavy atom. The fourth-order valence-corrected chi connectivity index (χ4v) is 3.30. The van der Waals surface area contributed by atoms with Crippen molar-refractivity contribution in [2.45, 2.75) is 50.7 Å². The fraction of sp³-hybridized carbons (Fsp3) is 0.471. The molecule has 1 aromatic carbocycles. The smallest absolute Gasteiger partial charge is 0.319 e. The van der Waals surface area contributed by atoms with E-state index in [1.54, 1.807) is 19.1 Å². The van der Waals surface area contributed by atoms with Crippen molar-refractivity contribution >= 4 is 23.4 Å². The molecule has 0 radical (unpaired) electrons. The van der Waals surface area contributed by atoms with Crippen molar-refractivity contribution in [2.24, 2.45) is 0 Å². The van der Waals surface area contributed by atoms with E-state index in [1.165, 1.54) is 23.9 Å². The van der Waals surface area contributed by atoms with Crippen molar-refractivity contribution in [3.8, 4) is 0 Å². The summed E-state index contributed by atoms with van der Waals surface area (Å²) in [7, 11) is 0. The first-order valence-electron chi connectivity index (χ1n) is 8.33. The molecule has 6 nitrogen and oxygen atoms in total. The first kappa shape index (κ1) is 19.2. The second-order valence-corrected chi connectivity index (χ2v) is 6.44. The number of aromatic nitrogens is 3. The van der Waals surface area contributed by atoms with Crippen molar-refractivity contribution in [2.75, 3.05) is 11.9 Å². The summed E-state index contributed by atoms with van der Waals surface area (Å²) >= 11 is 1.37. The molecular formula is C17H23FN4O2S. The van der Waals surface area contributed by atoms with Crippen LogP contribution in [0.15, 0.2) is 29.4 Å². The lowest BCUT2D eigenvalue weighted by molar-refractivity contribution is -0.142. The van der Waals surface area contributed by atoms with Crippen LogP contribution in [0.2, 0.25) is 0 Å². The zero-order valence-electron chi connectivity index (χ0n) is 14.7. The van der Waals surface area contributed by atoms with E-state index < -0.39 is 0 Å². The summed E-state index contributed by atoms with van der Waals surface area (Å²) in [5, 5.41) is 12.0. The molecule has 8 heteroatoms. The summed E-state index contributed by atoms with van der Waals surface area (Å²) in [5.41, 5.74) is 0.805. The van der Waals surface area contributed by atoms with Gasteiger partial charge in [-0.2, -0.15) is 0 Å². The molecule has 0 fully saturated rings. The number of esters is 1. The second kappa shape index (κ2) is 9.41. The minimum atomic E-state index is -0.299. The lowest BCUT2D eigenvalue weighted by Crippen LogP contribution is -2.20. The third kappa shape index (κ3) is 5.19. The van der Waals surface area contributed by atoms with Crippen LogP contribution in [0.1, 0.15) is 33.0 Å². The van der Waals surface area contributed by atoms with Gasteiger partial charge >= 0.3 is 5.97 Å². The molecule has 25 heavy (non-hydrogen) atoms. The Bertz CT molecular complexity index is 690. The molecule has 1 atom stereocenters. The number of halogens is 1. The highest BCUT2D eigenvalue weighted by atomic mass is 32.2. The van der Waals surface area contributed by atoms with Crippen molar-refractivity contribution in [1.82, 2.24) is 14.8 Å². The topological polar surface area (TPSA) is 69.0 Å². The van der Waals surface area contributed by atoms with Gasteiger partial charge in [-0.15, -0.1) is 10.2 Å². The minimum Gasteiger partial charge on any atom is -0.465 e. The summed E-state index contributed by atoms with van der Waals surface area (Å²) in [6, 6.07) is 6.15. The van der Waals surface area contributed by atoms with Crippen molar-refractivity contribution in [1.29, 1.82) is 0 Å². The largest absolute Gasteiger partial charge is 0.465 e. The van der Waals surface area contributed by atoms with Gasteiger partial charge in [0.05, 0.1) is 13.2 Å². The summed E-state index contributed by atoms with van der Waals surface area (Å²) in [4.78, 5) is 12.0. The van der Waals surface area contributed by atoms with Gasteiger partial charge in [-0.25, -0.2) is 4.39 Å². The maximum absolute atomic E-state index is 13.0. The summed E-state index contributed by atoms with van der Waals surface area (Å²) in [5.74, 6) is 0.255. The van der Waals surface area contributed by atoms with Crippen molar-refractivity contribution in [3.05, 3.63) is 35.9 Å². The molecule has 0 amide bonds. The molecule has 0 spiro atoms. The van der Waals surface area contributed by atoms with E-state index in [9.17, 15) is 9.18 Å². The molecule has 1 N–H and O–H groups in total. The minimum absolute atomic E-state index is 0.230. The van der Waals surface area contributed by atoms with Gasteiger partial charge in [-0.05, 0) is 44.5 Å². The van der Waals surface area contributed by atoms with Gasteiger partial charge in [0.25, 0.3) is 0 Å². The highest BCUT2D eigenvalue weighted by Crippen LogP contribution is 2.26. The monoisotopic (exact) mass is 366 g/mol. The van der Waals surface area contributed by atoms with Gasteiger partial charge in [-0.1, -0.05) is 18.7 Å². The molecule has 0 unspecified atom stereocenters. The standard InChI is InChI=1S/C17H23FN4O2S/c1-4-14(16(23)24-6-3)25-17-21-20-15(22(17)5-2)11-19-13-9-7-12(18)8-10-13/h7-10,14,19H,4-6,11H2,1-3H3/t14-/m0/s1. The van der Waals surface area contributed by atoms with E-state index in [0.29, 0.717) is 31.3 Å². The molecular weight excluding hydrogens is 343 g/mol. The Kier molecular flexibility index (Phi) is 7.24. The maximum atomic E-state index is 13.0. The van der Waals surface area contributed by atoms with Crippen LogP contribution in [-0.2, 0) is 22.6 Å². The van der Waals surface area contributed by atoms with Gasteiger partial charge in [0, 0.05) is 12.2 Å². The van der Waals surface area contributed by atoms with Crippen LogP contribution in [0.25, 0.3) is 0 Å². The number of benzene rings is 1. The second-order valence-electron chi connectivity index (χ2n) is 5.27. The maximum Gasteiger partial charge on any atom is 0.319 e. The van der Waals surface area contributed by atoms with Gasteiger partial charge in [0.1, 0.15) is 11.1 Å². The number of carbonyl (C=O) groups is 1. The third-order valence-electron chi connectivity index (χ3n) is 3.57. The van der Waals surface area contributed by atoms with Crippen molar-refractivity contribution < 1.29 is 13.9 Å². The van der Waals surface area contributed by atoms with Crippen LogP contribution in [0.4, 0.5) is 10.1 Å². The van der Waals surface area contributed by atoms with Crippen molar-refractivity contribution in [3.63, 3.8) is 0 Å². The molecule has 0 bridgehead atoms. The van der Waals surface area contributed by atoms with E-state index in [-0.39, 0.29) is 17.0 Å². The first-order valence-corrected chi connectivity index (χ1v) is 9.21. The summed E-state index contributed by atoms with van der Waals surface area (Å²) < 4.78 is 20.0. The number of hydrogen-bond acceptors (Lipinski definition) is 6. The Morgan fingerprint density at radius 1 is 1.28 bits per heavy atom. The number of nitrogens with one attached hydrogen (secondary N) is 1. The SMILES string of the molecule is CCOC(=O)[C@H](CC)Sc1nnc(CNc2ccc(F)cc2)n1CC. The fourth-order valence-electron chi connectivity index (χ4n) is 2.26. The van der Waals surface area contributed by atoms with Gasteiger partial charge in [-0.3, -0.25) is 4.79 Å². The predicted molar refractivity (Wildman–Crippen MR) is 96.0 cm³/mol. The van der Waals surface area contributed by atoms with Crippen LogP contribution < -0.4 is 5.32 Å². The molecule has 0 saturated carbocycles. The lowest BCUT2D eigenvalue weighted by atomic mass is 10.3. The number of anilines is 1. The molecule has 0 aliphatic heterocycles. The van der Waals surface area contributed by atoms with E-state index in [2.05, 4.69) is 15.5 Å². The Labute approximate surface area is 151 Å². The average Bonchev–Trinajstić information content (AvgIpc) is 3.00. The van der Waals surface area contributed by atoms with E-state index in [0.717, 1.165) is 11.5 Å². The molecule has 2 aromatic rings. The normalized spacial score (nSPS) is 12.0. The van der Waals surface area contributed by atoms with E-state index in [4.69, 9.17) is 4.74 Å². The highest BCUT2D eigenvalue weighted by Gasteiger charge is 2.23. The molecule has 0 saturated heterocycles. The predicted octanol–water partition coefficient (Wildman–Crippen LogP) is 3.48. The highest BCUT2D eigenvalue weighted by molar-refractivity contribution is 8.00. The number of nitrogens with zero attached hydrogens (tertiary/aromatic N) is 3. The number of thioether (sulfide) groups is 1. The number of carbonyl (C=O) groups excluding carboxylic acids is 1. The Morgan fingerprint density at radius 2 is 2.00 bits per heavy atom. The van der Waals surface area contributed by atoms with Crippen LogP contribution in [0, 0.1) is 5.82 Å². The zero-order chi connectivity index (χ0) is 18.2.